The van der Waals surface area contributed by atoms with E-state index in [-0.39, 0.29) is 5.91 Å². The number of thiophene rings is 1. The van der Waals surface area contributed by atoms with Gasteiger partial charge in [0.1, 0.15) is 0 Å². The lowest BCUT2D eigenvalue weighted by Gasteiger charge is -2.29. The van der Waals surface area contributed by atoms with E-state index < -0.39 is 0 Å². The van der Waals surface area contributed by atoms with Crippen molar-refractivity contribution in [1.29, 1.82) is 0 Å². The van der Waals surface area contributed by atoms with Gasteiger partial charge in [-0.1, -0.05) is 24.3 Å². The van der Waals surface area contributed by atoms with Crippen molar-refractivity contribution in [3.63, 3.8) is 0 Å². The van der Waals surface area contributed by atoms with Crippen molar-refractivity contribution in [2.45, 2.75) is 25.9 Å². The Morgan fingerprint density at radius 1 is 1.14 bits per heavy atom. The minimum atomic E-state index is 0.268. The summed E-state index contributed by atoms with van der Waals surface area (Å²) in [5.41, 5.74) is 2.53. The van der Waals surface area contributed by atoms with Gasteiger partial charge in [-0.05, 0) is 35.4 Å². The Bertz CT molecular complexity index is 804. The van der Waals surface area contributed by atoms with Crippen molar-refractivity contribution >= 4 is 28.1 Å². The fraction of sp³-hybridized carbons (Fsp3) is 0.278. The van der Waals surface area contributed by atoms with Crippen molar-refractivity contribution in [3.05, 3.63) is 58.4 Å². The molecule has 2 aromatic heterocycles. The largest absolute Gasteiger partial charge is 0.341 e. The Morgan fingerprint density at radius 2 is 2.05 bits per heavy atom. The molecule has 1 aromatic carbocycles. The predicted molar refractivity (Wildman–Crippen MR) is 90.0 cm³/mol. The second-order valence-electron chi connectivity index (χ2n) is 5.74. The highest BCUT2D eigenvalue weighted by atomic mass is 32.1. The Morgan fingerprint density at radius 3 is 2.91 bits per heavy atom. The van der Waals surface area contributed by atoms with Crippen LogP contribution in [0.25, 0.3) is 10.9 Å². The average molecular weight is 310 g/mol. The number of para-hydroxylation sites is 1. The topological polar surface area (TPSA) is 25.2 Å². The number of aryl methyl sites for hydroxylation is 1. The summed E-state index contributed by atoms with van der Waals surface area (Å²) in [5.74, 6) is 0.268. The molecule has 22 heavy (non-hydrogen) atoms. The Hall–Kier alpha value is -2.07. The summed E-state index contributed by atoms with van der Waals surface area (Å²) in [6.07, 6.45) is 1.47. The third-order valence-electron chi connectivity index (χ3n) is 4.36. The molecule has 0 radical (unpaired) electrons. The molecule has 0 fully saturated rings. The summed E-state index contributed by atoms with van der Waals surface area (Å²) < 4.78 is 2.35. The number of aromatic nitrogens is 1. The van der Waals surface area contributed by atoms with Crippen molar-refractivity contribution in [2.24, 2.45) is 0 Å². The molecule has 0 N–H and O–H groups in total. The number of carbonyl (C=O) groups excluding carboxylic acids is 1. The van der Waals surface area contributed by atoms with Gasteiger partial charge >= 0.3 is 0 Å². The first-order chi connectivity index (χ1) is 10.8. The maximum atomic E-state index is 12.4. The van der Waals surface area contributed by atoms with Gasteiger partial charge in [-0.25, -0.2) is 0 Å². The average Bonchev–Trinajstić information content (AvgIpc) is 3.19. The van der Waals surface area contributed by atoms with E-state index in [2.05, 4.69) is 46.3 Å². The highest BCUT2D eigenvalue weighted by molar-refractivity contribution is 7.09. The summed E-state index contributed by atoms with van der Waals surface area (Å²) in [4.78, 5) is 15.7. The molecule has 1 amide bonds. The van der Waals surface area contributed by atoms with Crippen LogP contribution in [-0.2, 0) is 24.3 Å². The molecular weight excluding hydrogens is 292 g/mol. The standard InChI is InChI=1S/C18H18N2OS/c21-18(8-7-16-5-3-11-22-16)19-9-10-20-15(13-19)12-14-4-1-2-6-17(14)20/h1-6,11-12H,7-10,13H2. The Labute approximate surface area is 133 Å². The Kier molecular flexibility index (Phi) is 3.47. The summed E-state index contributed by atoms with van der Waals surface area (Å²) >= 11 is 1.73. The normalized spacial score (nSPS) is 14.3. The van der Waals surface area contributed by atoms with Crippen molar-refractivity contribution < 1.29 is 4.79 Å². The number of hydrogen-bond donors (Lipinski definition) is 0. The maximum absolute atomic E-state index is 12.4. The van der Waals surface area contributed by atoms with Gasteiger partial charge in [-0.15, -0.1) is 11.3 Å². The molecule has 1 aliphatic rings. The van der Waals surface area contributed by atoms with E-state index in [4.69, 9.17) is 0 Å². The second-order valence-corrected chi connectivity index (χ2v) is 6.77. The van der Waals surface area contributed by atoms with E-state index in [0.717, 1.165) is 26.1 Å². The number of benzene rings is 1. The van der Waals surface area contributed by atoms with Crippen molar-refractivity contribution in [1.82, 2.24) is 9.47 Å². The summed E-state index contributed by atoms with van der Waals surface area (Å²) in [5, 5.41) is 3.34. The minimum absolute atomic E-state index is 0.268. The van der Waals surface area contributed by atoms with Gasteiger partial charge in [-0.2, -0.15) is 0 Å². The van der Waals surface area contributed by atoms with Crippen LogP contribution < -0.4 is 0 Å². The molecule has 3 aromatic rings. The fourth-order valence-electron chi connectivity index (χ4n) is 3.21. The van der Waals surface area contributed by atoms with Crippen LogP contribution in [0.4, 0.5) is 0 Å². The van der Waals surface area contributed by atoms with E-state index >= 15 is 0 Å². The lowest BCUT2D eigenvalue weighted by Crippen LogP contribution is -2.38. The first kappa shape index (κ1) is 13.6. The van der Waals surface area contributed by atoms with Gasteiger partial charge in [-0.3, -0.25) is 4.79 Å². The predicted octanol–water partition coefficient (Wildman–Crippen LogP) is 3.68. The van der Waals surface area contributed by atoms with Crippen LogP contribution in [0.5, 0.6) is 0 Å². The van der Waals surface area contributed by atoms with Crippen molar-refractivity contribution in [2.75, 3.05) is 6.54 Å². The quantitative estimate of drug-likeness (QED) is 0.724. The molecule has 1 aliphatic heterocycles. The molecule has 0 aliphatic carbocycles. The van der Waals surface area contributed by atoms with Gasteiger partial charge in [0.25, 0.3) is 0 Å². The highest BCUT2D eigenvalue weighted by Crippen LogP contribution is 2.24. The summed E-state index contributed by atoms with van der Waals surface area (Å²) in [6, 6.07) is 14.8. The third-order valence-corrected chi connectivity index (χ3v) is 5.30. The van der Waals surface area contributed by atoms with Gasteiger partial charge in [0, 0.05) is 35.6 Å². The monoisotopic (exact) mass is 310 g/mol. The Balaban J connectivity index is 1.48. The lowest BCUT2D eigenvalue weighted by atomic mass is 10.2. The van der Waals surface area contributed by atoms with Crippen LogP contribution in [0.1, 0.15) is 17.0 Å². The number of rotatable bonds is 3. The van der Waals surface area contributed by atoms with Crippen LogP contribution >= 0.6 is 11.3 Å². The molecule has 112 valence electrons. The molecule has 4 heteroatoms. The molecule has 3 heterocycles. The zero-order valence-corrected chi connectivity index (χ0v) is 13.2. The highest BCUT2D eigenvalue weighted by Gasteiger charge is 2.21. The molecule has 0 spiro atoms. The van der Waals surface area contributed by atoms with Crippen LogP contribution in [0.2, 0.25) is 0 Å². The van der Waals surface area contributed by atoms with E-state index in [9.17, 15) is 4.79 Å². The zero-order valence-electron chi connectivity index (χ0n) is 12.4. The van der Waals surface area contributed by atoms with Crippen LogP contribution in [-0.4, -0.2) is 21.9 Å². The van der Waals surface area contributed by atoms with E-state index in [0.29, 0.717) is 6.42 Å². The van der Waals surface area contributed by atoms with E-state index in [1.54, 1.807) is 11.3 Å². The summed E-state index contributed by atoms with van der Waals surface area (Å²) in [7, 11) is 0. The molecule has 3 nitrogen and oxygen atoms in total. The lowest BCUT2D eigenvalue weighted by molar-refractivity contribution is -0.132. The SMILES string of the molecule is O=C(CCc1cccs1)N1CCn2c(cc3ccccc32)C1. The zero-order chi connectivity index (χ0) is 14.9. The number of fused-ring (bicyclic) bond motifs is 3. The van der Waals surface area contributed by atoms with Crippen LogP contribution in [0.15, 0.2) is 47.8 Å². The minimum Gasteiger partial charge on any atom is -0.341 e. The molecule has 4 rings (SSSR count). The summed E-state index contributed by atoms with van der Waals surface area (Å²) in [6.45, 7) is 2.44. The number of amides is 1. The first-order valence-electron chi connectivity index (χ1n) is 7.68. The van der Waals surface area contributed by atoms with Crippen LogP contribution in [0, 0.1) is 0 Å². The number of hydrogen-bond acceptors (Lipinski definition) is 2. The molecule has 0 atom stereocenters. The fourth-order valence-corrected chi connectivity index (χ4v) is 3.92. The van der Waals surface area contributed by atoms with Gasteiger partial charge in [0.2, 0.25) is 5.91 Å². The maximum Gasteiger partial charge on any atom is 0.223 e. The molecule has 0 saturated carbocycles. The number of carbonyl (C=O) groups is 1. The van der Waals surface area contributed by atoms with Crippen molar-refractivity contribution in [3.8, 4) is 0 Å². The molecule has 0 bridgehead atoms. The molecular formula is C18H18N2OS. The van der Waals surface area contributed by atoms with E-state index in [1.807, 2.05) is 11.0 Å². The second kappa shape index (κ2) is 5.61. The number of nitrogens with zero attached hydrogens (tertiary/aromatic N) is 2. The smallest absolute Gasteiger partial charge is 0.223 e. The third kappa shape index (κ3) is 2.44. The molecule has 0 unspecified atom stereocenters. The molecule has 0 saturated heterocycles. The van der Waals surface area contributed by atoms with E-state index in [1.165, 1.54) is 21.5 Å². The van der Waals surface area contributed by atoms with Crippen LogP contribution in [0.3, 0.4) is 0 Å². The van der Waals surface area contributed by atoms with Gasteiger partial charge in [0.15, 0.2) is 0 Å². The van der Waals surface area contributed by atoms with Gasteiger partial charge in [0.05, 0.1) is 6.54 Å². The first-order valence-corrected chi connectivity index (χ1v) is 8.56. The van der Waals surface area contributed by atoms with Gasteiger partial charge < -0.3 is 9.47 Å².